The van der Waals surface area contributed by atoms with E-state index < -0.39 is 0 Å². The lowest BCUT2D eigenvalue weighted by atomic mass is 9.85. The van der Waals surface area contributed by atoms with Gasteiger partial charge in [0.05, 0.1) is 12.8 Å². The number of amides is 1. The molecular formula is C21H25NO2. The molecule has 3 nitrogen and oxygen atoms in total. The zero-order valence-corrected chi connectivity index (χ0v) is 14.7. The van der Waals surface area contributed by atoms with Gasteiger partial charge in [-0.25, -0.2) is 0 Å². The minimum absolute atomic E-state index is 0.0833. The monoisotopic (exact) mass is 323 g/mol. The second kappa shape index (κ2) is 7.08. The van der Waals surface area contributed by atoms with Crippen LogP contribution in [0.25, 0.3) is 0 Å². The normalized spacial score (nSPS) is 16.6. The Hall–Kier alpha value is -2.29. The molecule has 3 heteroatoms. The number of hydrogen-bond donors (Lipinski definition) is 0. The molecule has 0 radical (unpaired) electrons. The van der Waals surface area contributed by atoms with Gasteiger partial charge in [0, 0.05) is 13.5 Å². The molecule has 1 atom stereocenters. The Morgan fingerprint density at radius 2 is 1.96 bits per heavy atom. The minimum atomic E-state index is 0.0833. The van der Waals surface area contributed by atoms with Crippen LogP contribution in [0.3, 0.4) is 0 Å². The molecule has 1 heterocycles. The van der Waals surface area contributed by atoms with Crippen LogP contribution < -0.4 is 9.64 Å². The summed E-state index contributed by atoms with van der Waals surface area (Å²) in [6.45, 7) is 4.62. The van der Waals surface area contributed by atoms with Gasteiger partial charge in [0.1, 0.15) is 5.75 Å². The van der Waals surface area contributed by atoms with E-state index >= 15 is 0 Å². The molecule has 0 spiro atoms. The fourth-order valence-electron chi connectivity index (χ4n) is 3.67. The number of ether oxygens (including phenoxy) is 1. The first-order valence-corrected chi connectivity index (χ1v) is 8.66. The molecule has 2 aromatic rings. The first kappa shape index (κ1) is 16.6. The molecule has 1 amide bonds. The van der Waals surface area contributed by atoms with Crippen molar-refractivity contribution < 1.29 is 9.53 Å². The first-order chi connectivity index (χ1) is 11.6. The molecule has 0 aromatic heterocycles. The quantitative estimate of drug-likeness (QED) is 0.827. The summed E-state index contributed by atoms with van der Waals surface area (Å²) in [7, 11) is 1.69. The van der Waals surface area contributed by atoms with Crippen LogP contribution in [0.4, 0.5) is 5.69 Å². The van der Waals surface area contributed by atoms with Crippen molar-refractivity contribution in [1.82, 2.24) is 0 Å². The Morgan fingerprint density at radius 1 is 1.21 bits per heavy atom. The van der Waals surface area contributed by atoms with E-state index in [-0.39, 0.29) is 5.91 Å². The van der Waals surface area contributed by atoms with Crippen molar-refractivity contribution in [2.24, 2.45) is 0 Å². The summed E-state index contributed by atoms with van der Waals surface area (Å²) in [5, 5.41) is 0. The van der Waals surface area contributed by atoms with Gasteiger partial charge < -0.3 is 9.64 Å². The summed E-state index contributed by atoms with van der Waals surface area (Å²) in [6, 6.07) is 14.8. The number of nitrogens with zero attached hydrogens (tertiary/aromatic N) is 1. The van der Waals surface area contributed by atoms with Crippen molar-refractivity contribution in [2.75, 3.05) is 18.6 Å². The Kier molecular flexibility index (Phi) is 4.89. The minimum Gasteiger partial charge on any atom is -0.495 e. The zero-order valence-electron chi connectivity index (χ0n) is 14.7. The van der Waals surface area contributed by atoms with Gasteiger partial charge in [-0.15, -0.1) is 0 Å². The molecule has 0 fully saturated rings. The molecular weight excluding hydrogens is 298 g/mol. The van der Waals surface area contributed by atoms with Gasteiger partial charge in [-0.2, -0.15) is 0 Å². The number of benzene rings is 2. The SMILES string of the molecule is CCC1CCN(C(C)=O)c2c(OC)cc(Cc3ccccc3)cc21. The Morgan fingerprint density at radius 3 is 2.58 bits per heavy atom. The summed E-state index contributed by atoms with van der Waals surface area (Å²) >= 11 is 0. The summed E-state index contributed by atoms with van der Waals surface area (Å²) in [5.74, 6) is 1.38. The van der Waals surface area contributed by atoms with E-state index in [4.69, 9.17) is 4.74 Å². The fraction of sp³-hybridized carbons (Fsp3) is 0.381. The van der Waals surface area contributed by atoms with Gasteiger partial charge in [0.2, 0.25) is 5.91 Å². The van der Waals surface area contributed by atoms with Crippen LogP contribution in [-0.4, -0.2) is 19.6 Å². The summed E-state index contributed by atoms with van der Waals surface area (Å²) in [5.41, 5.74) is 4.75. The van der Waals surface area contributed by atoms with E-state index in [0.29, 0.717) is 5.92 Å². The maximum atomic E-state index is 12.1. The summed E-state index contributed by atoms with van der Waals surface area (Å²) in [4.78, 5) is 13.9. The van der Waals surface area contributed by atoms with Crippen LogP contribution >= 0.6 is 0 Å². The number of fused-ring (bicyclic) bond motifs is 1. The van der Waals surface area contributed by atoms with Crippen molar-refractivity contribution >= 4 is 11.6 Å². The zero-order chi connectivity index (χ0) is 17.1. The van der Waals surface area contributed by atoms with Gasteiger partial charge in [-0.1, -0.05) is 43.3 Å². The smallest absolute Gasteiger partial charge is 0.223 e. The lowest BCUT2D eigenvalue weighted by Crippen LogP contribution is -2.35. The molecule has 0 saturated heterocycles. The number of hydrogen-bond acceptors (Lipinski definition) is 2. The van der Waals surface area contributed by atoms with Gasteiger partial charge in [-0.05, 0) is 47.9 Å². The van der Waals surface area contributed by atoms with Crippen molar-refractivity contribution in [3.05, 3.63) is 59.2 Å². The van der Waals surface area contributed by atoms with Crippen molar-refractivity contribution in [2.45, 2.75) is 39.0 Å². The van der Waals surface area contributed by atoms with Crippen molar-refractivity contribution in [1.29, 1.82) is 0 Å². The van der Waals surface area contributed by atoms with Crippen LogP contribution in [0.1, 0.15) is 49.3 Å². The van der Waals surface area contributed by atoms with Crippen LogP contribution in [-0.2, 0) is 11.2 Å². The van der Waals surface area contributed by atoms with Crippen LogP contribution in [0, 0.1) is 0 Å². The molecule has 126 valence electrons. The highest BCUT2D eigenvalue weighted by atomic mass is 16.5. The molecule has 1 unspecified atom stereocenters. The largest absolute Gasteiger partial charge is 0.495 e. The van der Waals surface area contributed by atoms with E-state index in [2.05, 4.69) is 43.3 Å². The lowest BCUT2D eigenvalue weighted by Gasteiger charge is -2.35. The third kappa shape index (κ3) is 3.16. The van der Waals surface area contributed by atoms with Crippen LogP contribution in [0.15, 0.2) is 42.5 Å². The van der Waals surface area contributed by atoms with Crippen molar-refractivity contribution in [3.63, 3.8) is 0 Å². The first-order valence-electron chi connectivity index (χ1n) is 8.66. The molecule has 0 N–H and O–H groups in total. The summed E-state index contributed by atoms with van der Waals surface area (Å²) < 4.78 is 5.67. The molecule has 3 rings (SSSR count). The van der Waals surface area contributed by atoms with Crippen LogP contribution in [0.2, 0.25) is 0 Å². The number of anilines is 1. The van der Waals surface area contributed by atoms with Gasteiger partial charge in [-0.3, -0.25) is 4.79 Å². The average Bonchev–Trinajstić information content (AvgIpc) is 2.60. The number of rotatable bonds is 4. The van der Waals surface area contributed by atoms with E-state index in [1.54, 1.807) is 14.0 Å². The topological polar surface area (TPSA) is 29.5 Å². The second-order valence-corrected chi connectivity index (χ2v) is 6.46. The summed E-state index contributed by atoms with van der Waals surface area (Å²) in [6.07, 6.45) is 2.97. The molecule has 0 aliphatic carbocycles. The van der Waals surface area contributed by atoms with Gasteiger partial charge >= 0.3 is 0 Å². The molecule has 1 aliphatic heterocycles. The fourth-order valence-corrected chi connectivity index (χ4v) is 3.67. The average molecular weight is 323 g/mol. The maximum absolute atomic E-state index is 12.1. The second-order valence-electron chi connectivity index (χ2n) is 6.46. The van der Waals surface area contributed by atoms with E-state index in [0.717, 1.165) is 37.2 Å². The van der Waals surface area contributed by atoms with E-state index in [1.165, 1.54) is 16.7 Å². The molecule has 0 saturated carbocycles. The lowest BCUT2D eigenvalue weighted by molar-refractivity contribution is -0.116. The highest BCUT2D eigenvalue weighted by Crippen LogP contribution is 2.44. The van der Waals surface area contributed by atoms with Crippen LogP contribution in [0.5, 0.6) is 5.75 Å². The predicted molar refractivity (Wildman–Crippen MR) is 97.9 cm³/mol. The Labute approximate surface area is 144 Å². The highest BCUT2D eigenvalue weighted by molar-refractivity contribution is 5.95. The standard InChI is InChI=1S/C21H25NO2/c1-4-18-10-11-22(15(2)23)21-19(18)13-17(14-20(21)24-3)12-16-8-6-5-7-9-16/h5-9,13-14,18H,4,10-12H2,1-3H3. The molecule has 1 aliphatic rings. The Bertz CT molecular complexity index is 724. The number of carbonyl (C=O) groups is 1. The number of carbonyl (C=O) groups excluding carboxylic acids is 1. The third-order valence-corrected chi connectivity index (χ3v) is 4.92. The maximum Gasteiger partial charge on any atom is 0.223 e. The Balaban J connectivity index is 2.07. The van der Waals surface area contributed by atoms with E-state index in [9.17, 15) is 4.79 Å². The highest BCUT2D eigenvalue weighted by Gasteiger charge is 2.29. The predicted octanol–water partition coefficient (Wildman–Crippen LogP) is 4.54. The molecule has 24 heavy (non-hydrogen) atoms. The third-order valence-electron chi connectivity index (χ3n) is 4.92. The van der Waals surface area contributed by atoms with Crippen molar-refractivity contribution in [3.8, 4) is 5.75 Å². The van der Waals surface area contributed by atoms with Gasteiger partial charge in [0.25, 0.3) is 0 Å². The van der Waals surface area contributed by atoms with Gasteiger partial charge in [0.15, 0.2) is 0 Å². The number of methoxy groups -OCH3 is 1. The van der Waals surface area contributed by atoms with E-state index in [1.807, 2.05) is 11.0 Å². The molecule has 2 aromatic carbocycles. The molecule has 0 bridgehead atoms.